The normalized spacial score (nSPS) is 11.8. The van der Waals surface area contributed by atoms with Crippen LogP contribution in [0.5, 0.6) is 0 Å². The van der Waals surface area contributed by atoms with Crippen LogP contribution >= 0.6 is 11.3 Å². The van der Waals surface area contributed by atoms with Gasteiger partial charge in [0.1, 0.15) is 16.6 Å². The average molecular weight is 353 g/mol. The number of aryl methyl sites for hydroxylation is 1. The minimum atomic E-state index is -0.117. The number of aromatic nitrogens is 3. The Morgan fingerprint density at radius 2 is 2.04 bits per heavy atom. The van der Waals surface area contributed by atoms with Crippen molar-refractivity contribution in [3.63, 3.8) is 0 Å². The third-order valence-electron chi connectivity index (χ3n) is 3.49. The van der Waals surface area contributed by atoms with E-state index in [0.717, 1.165) is 32.8 Å². The zero-order valence-corrected chi connectivity index (χ0v) is 15.1. The maximum atomic E-state index is 11.2. The second-order valence-corrected chi connectivity index (χ2v) is 6.80. The van der Waals surface area contributed by atoms with Crippen LogP contribution in [0.3, 0.4) is 0 Å². The van der Waals surface area contributed by atoms with Gasteiger partial charge in [0.05, 0.1) is 16.6 Å². The lowest BCUT2D eigenvalue weighted by Crippen LogP contribution is -2.23. The molecule has 0 aliphatic carbocycles. The van der Waals surface area contributed by atoms with Crippen molar-refractivity contribution >= 4 is 28.9 Å². The number of anilines is 2. The Kier molecular flexibility index (Phi) is 5.04. The number of nitrogens with zero attached hydrogens (tertiary/aromatic N) is 3. The maximum Gasteiger partial charge on any atom is 0.217 e. The lowest BCUT2D eigenvalue weighted by atomic mass is 10.3. The molecule has 1 atom stereocenters. The average Bonchev–Trinajstić information content (AvgIpc) is 3.05. The molecule has 0 bridgehead atoms. The van der Waals surface area contributed by atoms with Crippen molar-refractivity contribution in [2.45, 2.75) is 26.8 Å². The molecular weight excluding hydrogens is 334 g/mol. The highest BCUT2D eigenvalue weighted by atomic mass is 32.1. The third kappa shape index (κ3) is 4.39. The number of rotatable bonds is 5. The molecule has 1 amide bonds. The van der Waals surface area contributed by atoms with E-state index in [1.54, 1.807) is 12.4 Å². The van der Waals surface area contributed by atoms with Crippen molar-refractivity contribution in [3.8, 4) is 10.6 Å². The van der Waals surface area contributed by atoms with E-state index >= 15 is 0 Å². The van der Waals surface area contributed by atoms with E-state index in [1.165, 1.54) is 18.3 Å². The van der Waals surface area contributed by atoms with Gasteiger partial charge < -0.3 is 10.6 Å². The molecule has 3 rings (SSSR count). The van der Waals surface area contributed by atoms with Gasteiger partial charge in [0.2, 0.25) is 5.91 Å². The molecule has 2 N–H and O–H groups in total. The monoisotopic (exact) mass is 353 g/mol. The predicted octanol–water partition coefficient (Wildman–Crippen LogP) is 3.85. The summed E-state index contributed by atoms with van der Waals surface area (Å²) >= 11 is 1.52. The summed E-state index contributed by atoms with van der Waals surface area (Å²) in [5, 5.41) is 6.91. The second-order valence-electron chi connectivity index (χ2n) is 5.74. The van der Waals surface area contributed by atoms with E-state index in [2.05, 4.69) is 25.6 Å². The molecule has 128 valence electrons. The molecule has 0 saturated heterocycles. The number of pyridine rings is 2. The summed E-state index contributed by atoms with van der Waals surface area (Å²) < 4.78 is 0. The first kappa shape index (κ1) is 17.0. The van der Waals surface area contributed by atoms with Gasteiger partial charge in [0, 0.05) is 19.3 Å². The van der Waals surface area contributed by atoms with Crippen LogP contribution in [0.15, 0.2) is 42.7 Å². The minimum absolute atomic E-state index is 0.0702. The first-order chi connectivity index (χ1) is 12.0. The van der Waals surface area contributed by atoms with Crippen LogP contribution in [0, 0.1) is 6.92 Å². The van der Waals surface area contributed by atoms with Crippen molar-refractivity contribution in [3.05, 3.63) is 53.3 Å². The van der Waals surface area contributed by atoms with Crippen LogP contribution in [-0.4, -0.2) is 20.9 Å². The Balaban J connectivity index is 1.80. The Morgan fingerprint density at radius 3 is 2.80 bits per heavy atom. The molecule has 0 fully saturated rings. The molecule has 0 saturated carbocycles. The molecule has 0 radical (unpaired) electrons. The van der Waals surface area contributed by atoms with Crippen LogP contribution in [0.1, 0.15) is 30.5 Å². The first-order valence-corrected chi connectivity index (χ1v) is 8.73. The molecule has 0 aromatic carbocycles. The zero-order chi connectivity index (χ0) is 17.8. The lowest BCUT2D eigenvalue weighted by molar-refractivity contribution is -0.119. The van der Waals surface area contributed by atoms with Crippen LogP contribution < -0.4 is 10.6 Å². The number of thiazole rings is 1. The Hall–Kier alpha value is -2.80. The van der Waals surface area contributed by atoms with Gasteiger partial charge in [-0.15, -0.1) is 11.3 Å². The highest BCUT2D eigenvalue weighted by Crippen LogP contribution is 2.29. The van der Waals surface area contributed by atoms with Crippen molar-refractivity contribution in [2.75, 3.05) is 5.32 Å². The molecule has 0 aliphatic heterocycles. The standard InChI is InChI=1S/C18H19N5OS/c1-11-7-8-19-17(9-11)23-16-6-4-5-14(22-16)15-10-20-18(25-15)12(2)21-13(3)24/h4-10,12H,1-3H3,(H,21,24)(H,19,22,23). The zero-order valence-electron chi connectivity index (χ0n) is 14.3. The maximum absolute atomic E-state index is 11.2. The number of carbonyl (C=O) groups excluding carboxylic acids is 1. The molecule has 0 spiro atoms. The first-order valence-electron chi connectivity index (χ1n) is 7.91. The smallest absolute Gasteiger partial charge is 0.217 e. The van der Waals surface area contributed by atoms with E-state index in [-0.39, 0.29) is 11.9 Å². The lowest BCUT2D eigenvalue weighted by Gasteiger charge is -2.08. The van der Waals surface area contributed by atoms with Crippen molar-refractivity contribution in [2.24, 2.45) is 0 Å². The second kappa shape index (κ2) is 7.40. The number of hydrogen-bond acceptors (Lipinski definition) is 6. The Bertz CT molecular complexity index is 892. The minimum Gasteiger partial charge on any atom is -0.347 e. The molecule has 25 heavy (non-hydrogen) atoms. The van der Waals surface area contributed by atoms with Gasteiger partial charge >= 0.3 is 0 Å². The summed E-state index contributed by atoms with van der Waals surface area (Å²) in [7, 11) is 0. The molecule has 0 aliphatic rings. The fourth-order valence-electron chi connectivity index (χ4n) is 2.35. The summed E-state index contributed by atoms with van der Waals surface area (Å²) in [5.41, 5.74) is 1.96. The molecule has 3 heterocycles. The van der Waals surface area contributed by atoms with Gasteiger partial charge in [-0.2, -0.15) is 0 Å². The van der Waals surface area contributed by atoms with Crippen LogP contribution in [0.4, 0.5) is 11.6 Å². The van der Waals surface area contributed by atoms with E-state index in [4.69, 9.17) is 0 Å². The van der Waals surface area contributed by atoms with Gasteiger partial charge in [-0.25, -0.2) is 15.0 Å². The van der Waals surface area contributed by atoms with Crippen molar-refractivity contribution in [1.29, 1.82) is 0 Å². The van der Waals surface area contributed by atoms with Crippen molar-refractivity contribution in [1.82, 2.24) is 20.3 Å². The predicted molar refractivity (Wildman–Crippen MR) is 99.8 cm³/mol. The van der Waals surface area contributed by atoms with Crippen LogP contribution in [0.25, 0.3) is 10.6 Å². The summed E-state index contributed by atoms with van der Waals surface area (Å²) in [6.07, 6.45) is 3.55. The van der Waals surface area contributed by atoms with Gasteiger partial charge in [-0.3, -0.25) is 4.79 Å². The van der Waals surface area contributed by atoms with E-state index in [9.17, 15) is 4.79 Å². The molecule has 7 heteroatoms. The quantitative estimate of drug-likeness (QED) is 0.728. The third-order valence-corrected chi connectivity index (χ3v) is 4.69. The van der Waals surface area contributed by atoms with E-state index < -0.39 is 0 Å². The molecule has 6 nitrogen and oxygen atoms in total. The fourth-order valence-corrected chi connectivity index (χ4v) is 3.24. The number of hydrogen-bond donors (Lipinski definition) is 2. The fraction of sp³-hybridized carbons (Fsp3) is 0.222. The molecule has 3 aromatic heterocycles. The molecule has 1 unspecified atom stereocenters. The summed E-state index contributed by atoms with van der Waals surface area (Å²) in [5.74, 6) is 1.41. The van der Waals surface area contributed by atoms with Gasteiger partial charge in [0.25, 0.3) is 0 Å². The van der Waals surface area contributed by atoms with E-state index in [0.29, 0.717) is 0 Å². The highest BCUT2D eigenvalue weighted by Gasteiger charge is 2.13. The Labute approximate surface area is 150 Å². The van der Waals surface area contributed by atoms with Crippen LogP contribution in [-0.2, 0) is 4.79 Å². The van der Waals surface area contributed by atoms with Gasteiger partial charge in [0.15, 0.2) is 0 Å². The Morgan fingerprint density at radius 1 is 1.20 bits per heavy atom. The largest absolute Gasteiger partial charge is 0.347 e. The van der Waals surface area contributed by atoms with Gasteiger partial charge in [-0.05, 0) is 43.7 Å². The highest BCUT2D eigenvalue weighted by molar-refractivity contribution is 7.15. The summed E-state index contributed by atoms with van der Waals surface area (Å²) in [4.78, 5) is 25.5. The molecular formula is C18H19N5OS. The summed E-state index contributed by atoms with van der Waals surface area (Å²) in [6, 6.07) is 9.58. The number of amides is 1. The van der Waals surface area contributed by atoms with Crippen LogP contribution in [0.2, 0.25) is 0 Å². The number of carbonyl (C=O) groups is 1. The summed E-state index contributed by atoms with van der Waals surface area (Å²) in [6.45, 7) is 5.44. The molecule has 3 aromatic rings. The van der Waals surface area contributed by atoms with E-state index in [1.807, 2.05) is 44.2 Å². The number of nitrogens with one attached hydrogen (secondary N) is 2. The van der Waals surface area contributed by atoms with Crippen molar-refractivity contribution < 1.29 is 4.79 Å². The SMILES string of the molecule is CC(=O)NC(C)c1ncc(-c2cccc(Nc3cc(C)ccn3)n2)s1. The van der Waals surface area contributed by atoms with Gasteiger partial charge in [-0.1, -0.05) is 6.07 Å². The topological polar surface area (TPSA) is 79.8 Å².